The van der Waals surface area contributed by atoms with Crippen molar-refractivity contribution in [2.75, 3.05) is 6.54 Å². The van der Waals surface area contributed by atoms with Crippen LogP contribution in [0.3, 0.4) is 0 Å². The van der Waals surface area contributed by atoms with Gasteiger partial charge in [-0.3, -0.25) is 9.36 Å². The minimum atomic E-state index is -0.649. The van der Waals surface area contributed by atoms with E-state index in [1.54, 1.807) is 11.5 Å². The number of aryl methyl sites for hydroxylation is 1. The van der Waals surface area contributed by atoms with Crippen LogP contribution in [-0.4, -0.2) is 38.0 Å². The molecule has 28 heavy (non-hydrogen) atoms. The summed E-state index contributed by atoms with van der Waals surface area (Å²) in [6.07, 6.45) is 0.0320. The van der Waals surface area contributed by atoms with Crippen LogP contribution in [0.4, 0.5) is 0 Å². The van der Waals surface area contributed by atoms with E-state index < -0.39 is 6.10 Å². The van der Waals surface area contributed by atoms with E-state index in [-0.39, 0.29) is 24.7 Å². The minimum absolute atomic E-state index is 0.133. The van der Waals surface area contributed by atoms with Gasteiger partial charge in [0.25, 0.3) is 0 Å². The molecule has 0 unspecified atom stereocenters. The number of aliphatic hydroxyl groups is 1. The molecule has 1 amide bonds. The molecule has 1 aromatic heterocycles. The van der Waals surface area contributed by atoms with Crippen molar-refractivity contribution < 1.29 is 9.90 Å². The number of benzene rings is 2. The third-order valence-corrected chi connectivity index (χ3v) is 4.31. The summed E-state index contributed by atoms with van der Waals surface area (Å²) in [4.78, 5) is 25.0. The van der Waals surface area contributed by atoms with Gasteiger partial charge in [0.15, 0.2) is 5.82 Å². The Labute approximate surface area is 163 Å². The fourth-order valence-electron chi connectivity index (χ4n) is 2.89. The predicted molar refractivity (Wildman–Crippen MR) is 107 cm³/mol. The SMILES string of the molecule is C[C@@H](O)CNC(=O)Cn1nc(-c2ccccc2)n(CCc2ccccc2)c1=O. The first-order chi connectivity index (χ1) is 13.5. The Morgan fingerprint density at radius 3 is 2.39 bits per heavy atom. The second-order valence-electron chi connectivity index (χ2n) is 6.67. The highest BCUT2D eigenvalue weighted by atomic mass is 16.3. The number of nitrogens with zero attached hydrogens (tertiary/aromatic N) is 3. The molecule has 1 heterocycles. The van der Waals surface area contributed by atoms with Gasteiger partial charge in [0.1, 0.15) is 6.54 Å². The van der Waals surface area contributed by atoms with Crippen LogP contribution < -0.4 is 11.0 Å². The molecule has 0 bridgehead atoms. The Hall–Kier alpha value is -3.19. The molecule has 0 spiro atoms. The molecule has 0 fully saturated rings. The standard InChI is InChI=1S/C21H24N4O3/c1-16(26)14-22-19(27)15-25-21(28)24(13-12-17-8-4-2-5-9-17)20(23-25)18-10-6-3-7-11-18/h2-11,16,26H,12-15H2,1H3,(H,22,27)/t16-/m1/s1. The zero-order valence-electron chi connectivity index (χ0n) is 15.8. The number of aliphatic hydroxyl groups excluding tert-OH is 1. The fraction of sp³-hybridized carbons (Fsp3) is 0.286. The summed E-state index contributed by atoms with van der Waals surface area (Å²) in [6.45, 7) is 1.98. The van der Waals surface area contributed by atoms with Gasteiger partial charge in [0.2, 0.25) is 5.91 Å². The summed E-state index contributed by atoms with van der Waals surface area (Å²) in [7, 11) is 0. The molecule has 0 radical (unpaired) electrons. The van der Waals surface area contributed by atoms with Crippen molar-refractivity contribution in [2.24, 2.45) is 0 Å². The first-order valence-corrected chi connectivity index (χ1v) is 9.26. The normalized spacial score (nSPS) is 11.9. The molecule has 0 aliphatic rings. The van der Waals surface area contributed by atoms with E-state index in [9.17, 15) is 14.7 Å². The largest absolute Gasteiger partial charge is 0.392 e. The Morgan fingerprint density at radius 2 is 1.75 bits per heavy atom. The van der Waals surface area contributed by atoms with Crippen LogP contribution in [0.15, 0.2) is 65.5 Å². The van der Waals surface area contributed by atoms with E-state index in [1.165, 1.54) is 4.68 Å². The lowest BCUT2D eigenvalue weighted by molar-refractivity contribution is -0.122. The third-order valence-electron chi connectivity index (χ3n) is 4.31. The van der Waals surface area contributed by atoms with Crippen molar-refractivity contribution in [1.29, 1.82) is 0 Å². The Morgan fingerprint density at radius 1 is 1.11 bits per heavy atom. The highest BCUT2D eigenvalue weighted by Gasteiger charge is 2.17. The molecule has 0 aliphatic carbocycles. The summed E-state index contributed by atoms with van der Waals surface area (Å²) in [5.74, 6) is 0.167. The Kier molecular flexibility index (Phi) is 6.39. The smallest absolute Gasteiger partial charge is 0.346 e. The summed E-state index contributed by atoms with van der Waals surface area (Å²) in [6, 6.07) is 19.4. The van der Waals surface area contributed by atoms with Gasteiger partial charge in [-0.25, -0.2) is 9.48 Å². The predicted octanol–water partition coefficient (Wildman–Crippen LogP) is 1.45. The maximum absolute atomic E-state index is 12.9. The molecule has 1 atom stereocenters. The lowest BCUT2D eigenvalue weighted by Crippen LogP contribution is -2.36. The number of carbonyl (C=O) groups excluding carboxylic acids is 1. The molecule has 2 aromatic carbocycles. The molecule has 0 saturated heterocycles. The van der Waals surface area contributed by atoms with Crippen molar-refractivity contribution >= 4 is 5.91 Å². The summed E-state index contributed by atoms with van der Waals surface area (Å²) >= 11 is 0. The van der Waals surface area contributed by atoms with Crippen LogP contribution in [0.5, 0.6) is 0 Å². The van der Waals surface area contributed by atoms with Gasteiger partial charge in [0, 0.05) is 18.7 Å². The first kappa shape index (κ1) is 19.6. The van der Waals surface area contributed by atoms with Gasteiger partial charge in [-0.1, -0.05) is 60.7 Å². The van der Waals surface area contributed by atoms with Crippen LogP contribution >= 0.6 is 0 Å². The maximum Gasteiger partial charge on any atom is 0.346 e. The zero-order chi connectivity index (χ0) is 19.9. The van der Waals surface area contributed by atoms with Gasteiger partial charge in [-0.15, -0.1) is 5.10 Å². The van der Waals surface area contributed by atoms with Gasteiger partial charge in [0.05, 0.1) is 6.10 Å². The molecule has 3 rings (SSSR count). The van der Waals surface area contributed by atoms with Gasteiger partial charge < -0.3 is 10.4 Å². The average molecular weight is 380 g/mol. The van der Waals surface area contributed by atoms with E-state index in [1.807, 2.05) is 60.7 Å². The van der Waals surface area contributed by atoms with Gasteiger partial charge in [-0.2, -0.15) is 0 Å². The molecular formula is C21H24N4O3. The van der Waals surface area contributed by atoms with Crippen LogP contribution in [0, 0.1) is 0 Å². The maximum atomic E-state index is 12.9. The molecule has 3 aromatic rings. The molecule has 0 aliphatic heterocycles. The van der Waals surface area contributed by atoms with Crippen LogP contribution in [0.2, 0.25) is 0 Å². The highest BCUT2D eigenvalue weighted by Crippen LogP contribution is 2.15. The van der Waals surface area contributed by atoms with Crippen LogP contribution in [0.25, 0.3) is 11.4 Å². The summed E-state index contributed by atoms with van der Waals surface area (Å²) < 4.78 is 2.77. The monoisotopic (exact) mass is 380 g/mol. The van der Waals surface area contributed by atoms with Crippen LogP contribution in [0.1, 0.15) is 12.5 Å². The van der Waals surface area contributed by atoms with Gasteiger partial charge in [-0.05, 0) is 18.9 Å². The van der Waals surface area contributed by atoms with E-state index in [0.717, 1.165) is 11.1 Å². The summed E-state index contributed by atoms with van der Waals surface area (Å²) in [5.41, 5.74) is 1.61. The fourth-order valence-corrected chi connectivity index (χ4v) is 2.89. The number of rotatable bonds is 8. The molecule has 146 valence electrons. The van der Waals surface area contributed by atoms with Crippen molar-refractivity contribution in [1.82, 2.24) is 19.7 Å². The quantitative estimate of drug-likeness (QED) is 0.619. The topological polar surface area (TPSA) is 89.2 Å². The highest BCUT2D eigenvalue weighted by molar-refractivity contribution is 5.75. The van der Waals surface area contributed by atoms with Crippen molar-refractivity contribution in [3.63, 3.8) is 0 Å². The number of aromatic nitrogens is 3. The van der Waals surface area contributed by atoms with E-state index in [4.69, 9.17) is 0 Å². The minimum Gasteiger partial charge on any atom is -0.392 e. The lowest BCUT2D eigenvalue weighted by atomic mass is 10.1. The number of carbonyl (C=O) groups is 1. The molecule has 7 heteroatoms. The summed E-state index contributed by atoms with van der Waals surface area (Å²) in [5, 5.41) is 16.3. The molecular weight excluding hydrogens is 356 g/mol. The lowest BCUT2D eigenvalue weighted by Gasteiger charge is -2.06. The molecule has 0 saturated carbocycles. The van der Waals surface area contributed by atoms with Crippen molar-refractivity contribution in [2.45, 2.75) is 32.5 Å². The third kappa shape index (κ3) is 4.95. The second kappa shape index (κ2) is 9.14. The zero-order valence-corrected chi connectivity index (χ0v) is 15.8. The average Bonchev–Trinajstić information content (AvgIpc) is 3.02. The number of nitrogens with one attached hydrogen (secondary N) is 1. The number of hydrogen-bond donors (Lipinski definition) is 2. The first-order valence-electron chi connectivity index (χ1n) is 9.26. The van der Waals surface area contributed by atoms with E-state index in [0.29, 0.717) is 18.8 Å². The second-order valence-corrected chi connectivity index (χ2v) is 6.67. The van der Waals surface area contributed by atoms with Gasteiger partial charge >= 0.3 is 5.69 Å². The van der Waals surface area contributed by atoms with Crippen LogP contribution in [-0.2, 0) is 24.3 Å². The van der Waals surface area contributed by atoms with Crippen molar-refractivity contribution in [3.8, 4) is 11.4 Å². The number of hydrogen-bond acceptors (Lipinski definition) is 4. The molecule has 7 nitrogen and oxygen atoms in total. The number of amides is 1. The molecule has 2 N–H and O–H groups in total. The van der Waals surface area contributed by atoms with E-state index in [2.05, 4.69) is 10.4 Å². The van der Waals surface area contributed by atoms with E-state index >= 15 is 0 Å². The Balaban J connectivity index is 1.86. The Bertz CT molecular complexity index is 962. The van der Waals surface area contributed by atoms with Crippen molar-refractivity contribution in [3.05, 3.63) is 76.7 Å².